The molecule has 0 aliphatic heterocycles. The predicted octanol–water partition coefficient (Wildman–Crippen LogP) is 16.8. The molecule has 0 N–H and O–H groups in total. The summed E-state index contributed by atoms with van der Waals surface area (Å²) in [6.07, 6.45) is 6.41. The lowest BCUT2D eigenvalue weighted by Crippen LogP contribution is -2.16. The Morgan fingerprint density at radius 2 is 1.19 bits per heavy atom. The number of rotatable bonds is 8. The molecule has 0 fully saturated rings. The van der Waals surface area contributed by atoms with E-state index in [1.807, 2.05) is 6.08 Å². The Bertz CT molecular complexity index is 3370. The highest BCUT2D eigenvalue weighted by atomic mass is 15.0. The van der Waals surface area contributed by atoms with Gasteiger partial charge in [-0.25, -0.2) is 0 Å². The smallest absolute Gasteiger partial charge is 0.0639 e. The SMILES string of the molecule is C=C(N=C(C)c1cccc2ccccc12)c1cccc2ccccc12.C=CC1=C(/C=C\C)C(C)(C)c2cc3c(cc21)c1ccccc1n3-c1cc(C(=C)C)cc(-c2ccccc2)c1. The van der Waals surface area contributed by atoms with Crippen LogP contribution in [-0.4, -0.2) is 10.3 Å². The molecule has 9 aromatic rings. The summed E-state index contributed by atoms with van der Waals surface area (Å²) in [5.74, 6) is 0. The number of hydrogen-bond acceptors (Lipinski definition) is 1. The minimum Gasteiger partial charge on any atom is -0.309 e. The first kappa shape index (κ1) is 40.8. The molecule has 8 aromatic carbocycles. The van der Waals surface area contributed by atoms with Crippen molar-refractivity contribution in [1.29, 1.82) is 0 Å². The Labute approximate surface area is 371 Å². The molecule has 10 rings (SSSR count). The van der Waals surface area contributed by atoms with Crippen LogP contribution >= 0.6 is 0 Å². The lowest BCUT2D eigenvalue weighted by Gasteiger charge is -2.23. The van der Waals surface area contributed by atoms with E-state index in [9.17, 15) is 0 Å². The molecular formula is C61H52N2. The highest BCUT2D eigenvalue weighted by Crippen LogP contribution is 2.50. The molecule has 306 valence electrons. The second-order valence-corrected chi connectivity index (χ2v) is 17.0. The van der Waals surface area contributed by atoms with Gasteiger partial charge in [0.05, 0.1) is 16.7 Å². The minimum absolute atomic E-state index is 0.115. The Kier molecular flexibility index (Phi) is 10.8. The molecule has 0 unspecified atom stereocenters. The summed E-state index contributed by atoms with van der Waals surface area (Å²) in [7, 11) is 0. The van der Waals surface area contributed by atoms with Gasteiger partial charge in [-0.2, -0.15) is 0 Å². The zero-order valence-corrected chi connectivity index (χ0v) is 36.9. The van der Waals surface area contributed by atoms with Gasteiger partial charge in [-0.3, -0.25) is 4.99 Å². The molecule has 2 heteroatoms. The lowest BCUT2D eigenvalue weighted by molar-refractivity contribution is 0.654. The zero-order chi connectivity index (χ0) is 43.8. The standard InChI is InChI=1S/C37H33N.C24H19N/c1-7-14-33-29(8-2)31-22-32-30-17-12-13-18-35(30)38(36(32)23-34(31)37(33,5)6)28-20-26(24(3)4)19-27(21-28)25-15-10-9-11-16-25;1-17(21-15-7-11-19-9-3-5-13-23(19)21)25-18(2)22-16-8-12-20-10-4-6-14-24(20)22/h7-23H,2-3H2,1,4-6H3;3-16H,1H2,2H3/b14-7-;. The third kappa shape index (κ3) is 7.38. The Morgan fingerprint density at radius 3 is 1.86 bits per heavy atom. The summed E-state index contributed by atoms with van der Waals surface area (Å²) in [4.78, 5) is 4.84. The first-order valence-electron chi connectivity index (χ1n) is 21.7. The number of fused-ring (bicyclic) bond motifs is 6. The fourth-order valence-corrected chi connectivity index (χ4v) is 9.47. The molecule has 0 bridgehead atoms. The average molecular weight is 813 g/mol. The highest BCUT2D eigenvalue weighted by Gasteiger charge is 2.36. The van der Waals surface area contributed by atoms with Gasteiger partial charge in [0.25, 0.3) is 0 Å². The Morgan fingerprint density at radius 1 is 0.587 bits per heavy atom. The molecule has 0 amide bonds. The van der Waals surface area contributed by atoms with Gasteiger partial charge < -0.3 is 4.57 Å². The van der Waals surface area contributed by atoms with Crippen LogP contribution in [-0.2, 0) is 5.41 Å². The molecule has 63 heavy (non-hydrogen) atoms. The van der Waals surface area contributed by atoms with Gasteiger partial charge in [0.1, 0.15) is 0 Å². The van der Waals surface area contributed by atoms with Gasteiger partial charge >= 0.3 is 0 Å². The topological polar surface area (TPSA) is 17.3 Å². The molecule has 1 aliphatic rings. The molecule has 0 atom stereocenters. The maximum absolute atomic E-state index is 4.84. The Hall–Kier alpha value is -7.55. The van der Waals surface area contributed by atoms with Crippen molar-refractivity contribution in [2.24, 2.45) is 4.99 Å². The average Bonchev–Trinajstić information content (AvgIpc) is 3.74. The van der Waals surface area contributed by atoms with Crippen molar-refractivity contribution in [2.75, 3.05) is 0 Å². The molecule has 1 aliphatic carbocycles. The van der Waals surface area contributed by atoms with Crippen molar-refractivity contribution in [3.63, 3.8) is 0 Å². The number of para-hydroxylation sites is 1. The first-order valence-corrected chi connectivity index (χ1v) is 21.7. The van der Waals surface area contributed by atoms with E-state index in [1.54, 1.807) is 0 Å². The number of aromatic nitrogens is 1. The predicted molar refractivity (Wildman–Crippen MR) is 275 cm³/mol. The summed E-state index contributed by atoms with van der Waals surface area (Å²) in [6, 6.07) is 60.4. The number of aliphatic imine (C=N–C) groups is 1. The van der Waals surface area contributed by atoms with Crippen molar-refractivity contribution in [2.45, 2.75) is 40.0 Å². The van der Waals surface area contributed by atoms with Gasteiger partial charge in [0.15, 0.2) is 0 Å². The fraction of sp³-hybridized carbons (Fsp3) is 0.0984. The van der Waals surface area contributed by atoms with E-state index in [0.717, 1.165) is 39.4 Å². The maximum Gasteiger partial charge on any atom is 0.0639 e. The largest absolute Gasteiger partial charge is 0.309 e. The van der Waals surface area contributed by atoms with Crippen LogP contribution in [0, 0.1) is 0 Å². The second kappa shape index (κ2) is 16.7. The molecular weight excluding hydrogens is 761 g/mol. The molecule has 1 heterocycles. The van der Waals surface area contributed by atoms with Crippen LogP contribution < -0.4 is 0 Å². The van der Waals surface area contributed by atoms with E-state index in [1.165, 1.54) is 76.8 Å². The summed E-state index contributed by atoms with van der Waals surface area (Å²) >= 11 is 0. The summed E-state index contributed by atoms with van der Waals surface area (Å²) in [5, 5.41) is 7.36. The van der Waals surface area contributed by atoms with E-state index in [0.29, 0.717) is 0 Å². The van der Waals surface area contributed by atoms with Crippen LogP contribution in [0.2, 0.25) is 0 Å². The van der Waals surface area contributed by atoms with Crippen molar-refractivity contribution < 1.29 is 0 Å². The fourth-order valence-electron chi connectivity index (χ4n) is 9.47. The van der Waals surface area contributed by atoms with Gasteiger partial charge in [-0.05, 0) is 118 Å². The number of hydrogen-bond donors (Lipinski definition) is 0. The van der Waals surface area contributed by atoms with Crippen LogP contribution in [0.25, 0.3) is 77.0 Å². The van der Waals surface area contributed by atoms with Crippen molar-refractivity contribution in [1.82, 2.24) is 4.57 Å². The molecule has 0 saturated heterocycles. The van der Waals surface area contributed by atoms with Gasteiger partial charge in [0, 0.05) is 38.7 Å². The van der Waals surface area contributed by atoms with Crippen molar-refractivity contribution in [3.8, 4) is 16.8 Å². The lowest BCUT2D eigenvalue weighted by atomic mass is 9.80. The van der Waals surface area contributed by atoms with E-state index in [2.05, 4.69) is 241 Å². The minimum atomic E-state index is -0.115. The number of allylic oxidation sites excluding steroid dienone is 6. The molecule has 2 nitrogen and oxygen atoms in total. The summed E-state index contributed by atoms with van der Waals surface area (Å²) in [5.41, 5.74) is 17.3. The van der Waals surface area contributed by atoms with E-state index >= 15 is 0 Å². The molecule has 1 aromatic heterocycles. The summed E-state index contributed by atoms with van der Waals surface area (Å²) < 4.78 is 2.43. The van der Waals surface area contributed by atoms with Crippen LogP contribution in [0.3, 0.4) is 0 Å². The highest BCUT2D eigenvalue weighted by molar-refractivity contribution is 6.13. The van der Waals surface area contributed by atoms with E-state index < -0.39 is 0 Å². The van der Waals surface area contributed by atoms with Crippen molar-refractivity contribution >= 4 is 65.9 Å². The van der Waals surface area contributed by atoms with Crippen molar-refractivity contribution in [3.05, 3.63) is 241 Å². The van der Waals surface area contributed by atoms with Gasteiger partial charge in [-0.1, -0.05) is 191 Å². The van der Waals surface area contributed by atoms with Gasteiger partial charge in [0.2, 0.25) is 0 Å². The number of benzene rings is 8. The van der Waals surface area contributed by atoms with E-state index in [-0.39, 0.29) is 5.41 Å². The van der Waals surface area contributed by atoms with E-state index in [4.69, 9.17) is 4.99 Å². The molecule has 0 spiro atoms. The second-order valence-electron chi connectivity index (χ2n) is 17.0. The Balaban J connectivity index is 0.000000174. The quantitative estimate of drug-likeness (QED) is 0.136. The van der Waals surface area contributed by atoms with Crippen LogP contribution in [0.5, 0.6) is 0 Å². The van der Waals surface area contributed by atoms with Gasteiger partial charge in [-0.15, -0.1) is 0 Å². The van der Waals surface area contributed by atoms with Crippen LogP contribution in [0.4, 0.5) is 0 Å². The molecule has 0 saturated carbocycles. The third-order valence-electron chi connectivity index (χ3n) is 12.6. The molecule has 0 radical (unpaired) electrons. The number of nitrogens with zero attached hydrogens (tertiary/aromatic N) is 2. The zero-order valence-electron chi connectivity index (χ0n) is 36.9. The first-order chi connectivity index (χ1) is 30.6. The summed E-state index contributed by atoms with van der Waals surface area (Å²) in [6.45, 7) is 23.6. The van der Waals surface area contributed by atoms with Crippen LogP contribution in [0.15, 0.2) is 218 Å². The van der Waals surface area contributed by atoms with Crippen LogP contribution in [0.1, 0.15) is 62.4 Å². The maximum atomic E-state index is 4.84. The normalized spacial score (nSPS) is 13.4. The third-order valence-corrected chi connectivity index (χ3v) is 12.6. The monoisotopic (exact) mass is 812 g/mol.